The summed E-state index contributed by atoms with van der Waals surface area (Å²) < 4.78 is 4.93. The zero-order valence-corrected chi connectivity index (χ0v) is 7.61. The van der Waals surface area contributed by atoms with Crippen molar-refractivity contribution in [3.63, 3.8) is 0 Å². The molecule has 0 radical (unpaired) electrons. The van der Waals surface area contributed by atoms with Gasteiger partial charge < -0.3 is 4.74 Å². The molecule has 0 bridgehead atoms. The van der Waals surface area contributed by atoms with E-state index >= 15 is 0 Å². The molecule has 0 N–H and O–H groups in total. The topological polar surface area (TPSA) is 9.23 Å². The summed E-state index contributed by atoms with van der Waals surface area (Å²) in [6, 6.07) is 0. The van der Waals surface area contributed by atoms with E-state index < -0.39 is 0 Å². The zero-order chi connectivity index (χ0) is 7.98. The summed E-state index contributed by atoms with van der Waals surface area (Å²) in [7, 11) is 1.66. The van der Waals surface area contributed by atoms with E-state index in [1.165, 1.54) is 0 Å². The van der Waals surface area contributed by atoms with Gasteiger partial charge in [-0.25, -0.2) is 0 Å². The minimum atomic E-state index is 0.903. The summed E-state index contributed by atoms with van der Waals surface area (Å²) in [5, 5.41) is 0. The highest BCUT2D eigenvalue weighted by Crippen LogP contribution is 2.05. The number of rotatable bonds is 3. The molecule has 0 fully saturated rings. The van der Waals surface area contributed by atoms with Crippen LogP contribution in [0.2, 0.25) is 0 Å². The van der Waals surface area contributed by atoms with Crippen molar-refractivity contribution in [3.8, 4) is 0 Å². The lowest BCUT2D eigenvalue weighted by atomic mass is 10.3. The van der Waals surface area contributed by atoms with Crippen LogP contribution in [0.15, 0.2) is 22.8 Å². The standard InChI is InChI=1S/C8H14OS/c1-4-8(10)6-5-7(2)9-3/h5-6,10H,4H2,1-3H3/b7-5+,8-6+. The van der Waals surface area contributed by atoms with Gasteiger partial charge in [-0.1, -0.05) is 6.92 Å². The molecule has 0 rings (SSSR count). The van der Waals surface area contributed by atoms with Crippen LogP contribution < -0.4 is 0 Å². The summed E-state index contributed by atoms with van der Waals surface area (Å²) in [5.74, 6) is 0.903. The Morgan fingerprint density at radius 3 is 2.50 bits per heavy atom. The molecule has 0 aliphatic carbocycles. The van der Waals surface area contributed by atoms with Crippen LogP contribution in [-0.2, 0) is 4.74 Å². The minimum absolute atomic E-state index is 0.903. The first-order valence-corrected chi connectivity index (χ1v) is 3.75. The molecule has 0 aromatic heterocycles. The van der Waals surface area contributed by atoms with Gasteiger partial charge in [0.2, 0.25) is 0 Å². The lowest BCUT2D eigenvalue weighted by molar-refractivity contribution is 0.294. The van der Waals surface area contributed by atoms with E-state index in [2.05, 4.69) is 19.6 Å². The second kappa shape index (κ2) is 5.42. The minimum Gasteiger partial charge on any atom is -0.501 e. The van der Waals surface area contributed by atoms with Crippen LogP contribution in [-0.4, -0.2) is 7.11 Å². The van der Waals surface area contributed by atoms with Crippen molar-refractivity contribution in [2.75, 3.05) is 7.11 Å². The summed E-state index contributed by atoms with van der Waals surface area (Å²) >= 11 is 4.20. The average molecular weight is 158 g/mol. The Morgan fingerprint density at radius 1 is 1.50 bits per heavy atom. The predicted molar refractivity (Wildman–Crippen MR) is 48.1 cm³/mol. The number of hydrogen-bond acceptors (Lipinski definition) is 2. The van der Waals surface area contributed by atoms with Crippen LogP contribution in [0.1, 0.15) is 20.3 Å². The van der Waals surface area contributed by atoms with Crippen molar-refractivity contribution in [2.24, 2.45) is 0 Å². The molecule has 10 heavy (non-hydrogen) atoms. The Hall–Kier alpha value is -0.370. The van der Waals surface area contributed by atoms with Gasteiger partial charge in [0.1, 0.15) is 0 Å². The molecule has 0 unspecified atom stereocenters. The van der Waals surface area contributed by atoms with E-state index in [0.717, 1.165) is 17.1 Å². The lowest BCUT2D eigenvalue weighted by Crippen LogP contribution is -1.76. The quantitative estimate of drug-likeness (QED) is 0.377. The summed E-state index contributed by atoms with van der Waals surface area (Å²) in [5.41, 5.74) is 0. The maximum absolute atomic E-state index is 4.93. The van der Waals surface area contributed by atoms with Gasteiger partial charge >= 0.3 is 0 Å². The Morgan fingerprint density at radius 2 is 2.10 bits per heavy atom. The van der Waals surface area contributed by atoms with Crippen LogP contribution in [0.5, 0.6) is 0 Å². The van der Waals surface area contributed by atoms with Gasteiger partial charge in [0.15, 0.2) is 0 Å². The van der Waals surface area contributed by atoms with Gasteiger partial charge in [-0.15, -0.1) is 12.6 Å². The van der Waals surface area contributed by atoms with E-state index in [4.69, 9.17) is 4.74 Å². The molecule has 1 nitrogen and oxygen atoms in total. The molecule has 0 saturated heterocycles. The molecule has 0 aromatic carbocycles. The van der Waals surface area contributed by atoms with E-state index in [9.17, 15) is 0 Å². The van der Waals surface area contributed by atoms with Crippen LogP contribution in [0.25, 0.3) is 0 Å². The van der Waals surface area contributed by atoms with Crippen molar-refractivity contribution >= 4 is 12.6 Å². The second-order valence-electron chi connectivity index (χ2n) is 1.99. The Kier molecular flexibility index (Phi) is 5.22. The third kappa shape index (κ3) is 4.50. The molecular formula is C8H14OS. The van der Waals surface area contributed by atoms with Gasteiger partial charge in [-0.3, -0.25) is 0 Å². The van der Waals surface area contributed by atoms with Gasteiger partial charge in [-0.2, -0.15) is 0 Å². The summed E-state index contributed by atoms with van der Waals surface area (Å²) in [6.45, 7) is 3.97. The second-order valence-corrected chi connectivity index (χ2v) is 2.57. The maximum atomic E-state index is 4.93. The van der Waals surface area contributed by atoms with Crippen LogP contribution in [0, 0.1) is 0 Å². The van der Waals surface area contributed by atoms with E-state index in [1.54, 1.807) is 7.11 Å². The van der Waals surface area contributed by atoms with Crippen LogP contribution in [0.3, 0.4) is 0 Å². The Balaban J connectivity index is 3.91. The van der Waals surface area contributed by atoms with Crippen LogP contribution in [0.4, 0.5) is 0 Å². The molecular weight excluding hydrogens is 144 g/mol. The van der Waals surface area contributed by atoms with Crippen molar-refractivity contribution in [1.29, 1.82) is 0 Å². The SMILES string of the molecule is CC/C(S)=C\C=C(/C)OC. The normalized spacial score (nSPS) is 13.6. The van der Waals surface area contributed by atoms with E-state index in [0.29, 0.717) is 0 Å². The maximum Gasteiger partial charge on any atom is 0.0924 e. The van der Waals surface area contributed by atoms with Crippen molar-refractivity contribution in [2.45, 2.75) is 20.3 Å². The van der Waals surface area contributed by atoms with Gasteiger partial charge in [0.05, 0.1) is 12.9 Å². The molecule has 0 heterocycles. The fourth-order valence-electron chi connectivity index (χ4n) is 0.399. The first kappa shape index (κ1) is 9.63. The molecule has 0 aromatic rings. The largest absolute Gasteiger partial charge is 0.501 e. The third-order valence-electron chi connectivity index (χ3n) is 1.19. The monoisotopic (exact) mass is 158 g/mol. The molecule has 0 saturated carbocycles. The lowest BCUT2D eigenvalue weighted by Gasteiger charge is -1.95. The summed E-state index contributed by atoms with van der Waals surface area (Å²) in [4.78, 5) is 1.07. The molecule has 58 valence electrons. The van der Waals surface area contributed by atoms with Crippen LogP contribution >= 0.6 is 12.6 Å². The molecule has 0 spiro atoms. The number of ether oxygens (including phenoxy) is 1. The molecule has 0 atom stereocenters. The number of hydrogen-bond donors (Lipinski definition) is 1. The highest BCUT2D eigenvalue weighted by Gasteiger charge is 1.82. The fraction of sp³-hybridized carbons (Fsp3) is 0.500. The third-order valence-corrected chi connectivity index (χ3v) is 1.66. The van der Waals surface area contributed by atoms with Crippen molar-refractivity contribution < 1.29 is 4.74 Å². The zero-order valence-electron chi connectivity index (χ0n) is 6.72. The first-order valence-electron chi connectivity index (χ1n) is 3.31. The smallest absolute Gasteiger partial charge is 0.0924 e. The van der Waals surface area contributed by atoms with Gasteiger partial charge in [0, 0.05) is 0 Å². The number of allylic oxidation sites excluding steroid dienone is 4. The van der Waals surface area contributed by atoms with E-state index in [-0.39, 0.29) is 0 Å². The predicted octanol–water partition coefficient (Wildman–Crippen LogP) is 2.76. The van der Waals surface area contributed by atoms with Gasteiger partial charge in [0.25, 0.3) is 0 Å². The highest BCUT2D eigenvalue weighted by molar-refractivity contribution is 7.84. The fourth-order valence-corrected chi connectivity index (χ4v) is 0.474. The molecule has 0 aliphatic rings. The molecule has 0 amide bonds. The van der Waals surface area contributed by atoms with E-state index in [1.807, 2.05) is 19.1 Å². The first-order chi connectivity index (χ1) is 4.70. The van der Waals surface area contributed by atoms with Crippen molar-refractivity contribution in [1.82, 2.24) is 0 Å². The number of methoxy groups -OCH3 is 1. The van der Waals surface area contributed by atoms with Gasteiger partial charge in [-0.05, 0) is 30.4 Å². The average Bonchev–Trinajstić information content (AvgIpc) is 1.99. The number of thiol groups is 1. The highest BCUT2D eigenvalue weighted by atomic mass is 32.1. The molecule has 2 heteroatoms. The Bertz CT molecular complexity index is 129. The van der Waals surface area contributed by atoms with Crippen molar-refractivity contribution in [3.05, 3.63) is 22.8 Å². The summed E-state index contributed by atoms with van der Waals surface area (Å²) in [6.07, 6.45) is 4.82. The molecule has 0 aliphatic heterocycles. The Labute approximate surface area is 68.2 Å².